The number of thiophene rings is 1. The average molecular weight is 394 g/mol. The minimum Gasteiger partial charge on any atom is -0.306 e. The SMILES string of the molecule is CCNC(c1csc(I)c1)c1cccc2ncccc12. The Morgan fingerprint density at radius 3 is 2.95 bits per heavy atom. The van der Waals surface area contributed by atoms with E-state index in [1.54, 1.807) is 11.3 Å². The van der Waals surface area contributed by atoms with Crippen molar-refractivity contribution in [3.63, 3.8) is 0 Å². The van der Waals surface area contributed by atoms with E-state index < -0.39 is 0 Å². The minimum atomic E-state index is 0.229. The second-order valence-corrected chi connectivity index (χ2v) is 7.40. The Labute approximate surface area is 136 Å². The number of pyridine rings is 1. The van der Waals surface area contributed by atoms with Gasteiger partial charge in [-0.15, -0.1) is 11.3 Å². The lowest BCUT2D eigenvalue weighted by Crippen LogP contribution is -2.21. The predicted octanol–water partition coefficient (Wildman–Crippen LogP) is 4.60. The molecule has 20 heavy (non-hydrogen) atoms. The van der Waals surface area contributed by atoms with E-state index in [1.165, 1.54) is 19.4 Å². The number of nitrogens with one attached hydrogen (secondary N) is 1. The van der Waals surface area contributed by atoms with Gasteiger partial charge in [-0.25, -0.2) is 0 Å². The molecule has 0 amide bonds. The van der Waals surface area contributed by atoms with Crippen molar-refractivity contribution in [3.8, 4) is 0 Å². The zero-order chi connectivity index (χ0) is 13.9. The molecule has 0 aliphatic carbocycles. The second-order valence-electron chi connectivity index (χ2n) is 4.59. The highest BCUT2D eigenvalue weighted by Gasteiger charge is 2.17. The summed E-state index contributed by atoms with van der Waals surface area (Å²) in [5.41, 5.74) is 3.68. The van der Waals surface area contributed by atoms with Crippen molar-refractivity contribution < 1.29 is 0 Å². The van der Waals surface area contributed by atoms with E-state index in [1.807, 2.05) is 12.3 Å². The summed E-state index contributed by atoms with van der Waals surface area (Å²) in [7, 11) is 0. The van der Waals surface area contributed by atoms with E-state index in [0.717, 1.165) is 12.1 Å². The number of benzene rings is 1. The first-order valence-corrected chi connectivity index (χ1v) is 8.56. The molecule has 2 aromatic heterocycles. The summed E-state index contributed by atoms with van der Waals surface area (Å²) in [6.45, 7) is 3.08. The summed E-state index contributed by atoms with van der Waals surface area (Å²) < 4.78 is 1.32. The fourth-order valence-corrected chi connectivity index (χ4v) is 3.86. The molecule has 0 radical (unpaired) electrons. The number of aromatic nitrogens is 1. The molecular formula is C16H15IN2S. The van der Waals surface area contributed by atoms with Crippen LogP contribution < -0.4 is 5.32 Å². The smallest absolute Gasteiger partial charge is 0.0705 e. The molecule has 0 spiro atoms. The third kappa shape index (κ3) is 2.73. The molecule has 4 heteroatoms. The van der Waals surface area contributed by atoms with E-state index in [9.17, 15) is 0 Å². The summed E-state index contributed by atoms with van der Waals surface area (Å²) in [4.78, 5) is 4.46. The van der Waals surface area contributed by atoms with Gasteiger partial charge in [-0.05, 0) is 63.8 Å². The van der Waals surface area contributed by atoms with Crippen LogP contribution in [0.5, 0.6) is 0 Å². The second kappa shape index (κ2) is 6.20. The van der Waals surface area contributed by atoms with E-state index in [0.29, 0.717) is 0 Å². The van der Waals surface area contributed by atoms with Crippen LogP contribution in [0.25, 0.3) is 10.9 Å². The average Bonchev–Trinajstić information content (AvgIpc) is 2.91. The molecule has 1 atom stereocenters. The highest BCUT2D eigenvalue weighted by Crippen LogP contribution is 2.31. The number of halogens is 1. The summed E-state index contributed by atoms with van der Waals surface area (Å²) in [5, 5.41) is 7.06. The lowest BCUT2D eigenvalue weighted by Gasteiger charge is -2.19. The van der Waals surface area contributed by atoms with Crippen molar-refractivity contribution in [2.24, 2.45) is 0 Å². The van der Waals surface area contributed by atoms with Crippen molar-refractivity contribution in [3.05, 3.63) is 62.0 Å². The number of rotatable bonds is 4. The van der Waals surface area contributed by atoms with Crippen molar-refractivity contribution in [2.75, 3.05) is 6.54 Å². The molecule has 0 saturated heterocycles. The number of nitrogens with zero attached hydrogens (tertiary/aromatic N) is 1. The van der Waals surface area contributed by atoms with Crippen LogP contribution in [-0.4, -0.2) is 11.5 Å². The molecule has 3 aromatic rings. The van der Waals surface area contributed by atoms with Gasteiger partial charge in [0.15, 0.2) is 0 Å². The fourth-order valence-electron chi connectivity index (χ4n) is 2.47. The Kier molecular flexibility index (Phi) is 4.33. The van der Waals surface area contributed by atoms with Gasteiger partial charge < -0.3 is 5.32 Å². The van der Waals surface area contributed by atoms with Gasteiger partial charge in [0, 0.05) is 11.6 Å². The van der Waals surface area contributed by atoms with E-state index in [2.05, 4.69) is 75.5 Å². The Hall–Kier alpha value is -0.980. The third-order valence-corrected chi connectivity index (χ3v) is 5.13. The minimum absolute atomic E-state index is 0.229. The summed E-state index contributed by atoms with van der Waals surface area (Å²) in [6, 6.07) is 13.0. The first kappa shape index (κ1) is 14.0. The molecule has 2 heterocycles. The molecule has 3 rings (SSSR count). The van der Waals surface area contributed by atoms with Crippen LogP contribution in [0.2, 0.25) is 0 Å². The maximum absolute atomic E-state index is 4.46. The topological polar surface area (TPSA) is 24.9 Å². The molecule has 0 aliphatic heterocycles. The van der Waals surface area contributed by atoms with E-state index in [4.69, 9.17) is 0 Å². The predicted molar refractivity (Wildman–Crippen MR) is 94.3 cm³/mol. The quantitative estimate of drug-likeness (QED) is 0.655. The van der Waals surface area contributed by atoms with Crippen LogP contribution >= 0.6 is 33.9 Å². The van der Waals surface area contributed by atoms with Gasteiger partial charge in [-0.1, -0.05) is 25.1 Å². The van der Waals surface area contributed by atoms with Gasteiger partial charge in [0.25, 0.3) is 0 Å². The van der Waals surface area contributed by atoms with Gasteiger partial charge in [0.2, 0.25) is 0 Å². The molecular weight excluding hydrogens is 379 g/mol. The number of hydrogen-bond donors (Lipinski definition) is 1. The van der Waals surface area contributed by atoms with Gasteiger partial charge in [0.05, 0.1) is 14.4 Å². The lowest BCUT2D eigenvalue weighted by molar-refractivity contribution is 0.636. The van der Waals surface area contributed by atoms with Crippen molar-refractivity contribution in [2.45, 2.75) is 13.0 Å². The monoisotopic (exact) mass is 394 g/mol. The van der Waals surface area contributed by atoms with Crippen LogP contribution in [0.4, 0.5) is 0 Å². The molecule has 1 N–H and O–H groups in total. The Morgan fingerprint density at radius 1 is 1.30 bits per heavy atom. The molecule has 0 bridgehead atoms. The van der Waals surface area contributed by atoms with E-state index >= 15 is 0 Å². The van der Waals surface area contributed by atoms with Crippen LogP contribution in [0.3, 0.4) is 0 Å². The number of hydrogen-bond acceptors (Lipinski definition) is 3. The highest BCUT2D eigenvalue weighted by atomic mass is 127. The Bertz CT molecular complexity index is 718. The molecule has 0 fully saturated rings. The summed E-state index contributed by atoms with van der Waals surface area (Å²) in [5.74, 6) is 0. The van der Waals surface area contributed by atoms with Crippen molar-refractivity contribution in [1.29, 1.82) is 0 Å². The molecule has 2 nitrogen and oxygen atoms in total. The Morgan fingerprint density at radius 2 is 2.20 bits per heavy atom. The van der Waals surface area contributed by atoms with Crippen LogP contribution in [-0.2, 0) is 0 Å². The first-order chi connectivity index (χ1) is 9.79. The van der Waals surface area contributed by atoms with Crippen LogP contribution in [0, 0.1) is 2.88 Å². The Balaban J connectivity index is 2.14. The third-order valence-electron chi connectivity index (χ3n) is 3.32. The summed E-state index contributed by atoms with van der Waals surface area (Å²) in [6.07, 6.45) is 1.85. The lowest BCUT2D eigenvalue weighted by atomic mass is 9.97. The van der Waals surface area contributed by atoms with Crippen LogP contribution in [0.15, 0.2) is 48.0 Å². The molecule has 0 aliphatic rings. The van der Waals surface area contributed by atoms with Gasteiger partial charge in [-0.3, -0.25) is 4.98 Å². The van der Waals surface area contributed by atoms with Crippen molar-refractivity contribution >= 4 is 44.8 Å². The molecule has 102 valence electrons. The maximum atomic E-state index is 4.46. The maximum Gasteiger partial charge on any atom is 0.0705 e. The number of fused-ring (bicyclic) bond motifs is 1. The largest absolute Gasteiger partial charge is 0.306 e. The first-order valence-electron chi connectivity index (χ1n) is 6.60. The zero-order valence-corrected chi connectivity index (χ0v) is 14.1. The van der Waals surface area contributed by atoms with Gasteiger partial charge in [-0.2, -0.15) is 0 Å². The van der Waals surface area contributed by atoms with Crippen molar-refractivity contribution in [1.82, 2.24) is 10.3 Å². The summed E-state index contributed by atoms with van der Waals surface area (Å²) >= 11 is 4.17. The van der Waals surface area contributed by atoms with Gasteiger partial charge in [0.1, 0.15) is 0 Å². The molecule has 0 saturated carbocycles. The highest BCUT2D eigenvalue weighted by molar-refractivity contribution is 14.1. The van der Waals surface area contributed by atoms with Crippen LogP contribution in [0.1, 0.15) is 24.1 Å². The van der Waals surface area contributed by atoms with Gasteiger partial charge >= 0.3 is 0 Å². The fraction of sp³-hybridized carbons (Fsp3) is 0.188. The normalized spacial score (nSPS) is 12.7. The van der Waals surface area contributed by atoms with E-state index in [-0.39, 0.29) is 6.04 Å². The zero-order valence-electron chi connectivity index (χ0n) is 11.1. The standard InChI is InChI=1S/C16H15IN2S/c1-2-18-16(11-9-15(17)20-10-11)13-5-3-7-14-12(13)6-4-8-19-14/h3-10,16,18H,2H2,1H3. The molecule has 1 unspecified atom stereocenters. The molecule has 1 aromatic carbocycles.